The van der Waals surface area contributed by atoms with Crippen LogP contribution in [0.3, 0.4) is 0 Å². The predicted octanol–water partition coefficient (Wildman–Crippen LogP) is 4.08. The SMILES string of the molecule is CC=Nc1ccc(Cl)cc1C(F)(F)F. The van der Waals surface area contributed by atoms with E-state index in [0.29, 0.717) is 0 Å². The molecule has 1 aromatic rings. The van der Waals surface area contributed by atoms with Crippen molar-refractivity contribution >= 4 is 23.5 Å². The molecule has 14 heavy (non-hydrogen) atoms. The van der Waals surface area contributed by atoms with Crippen LogP contribution in [0.4, 0.5) is 18.9 Å². The van der Waals surface area contributed by atoms with Crippen molar-refractivity contribution in [1.82, 2.24) is 0 Å². The summed E-state index contributed by atoms with van der Waals surface area (Å²) in [6.45, 7) is 1.55. The van der Waals surface area contributed by atoms with Gasteiger partial charge in [0.1, 0.15) is 0 Å². The Morgan fingerprint density at radius 2 is 2.00 bits per heavy atom. The molecular formula is C9H7ClF3N. The highest BCUT2D eigenvalue weighted by atomic mass is 35.5. The Morgan fingerprint density at radius 3 is 2.50 bits per heavy atom. The third-order valence-corrected chi connectivity index (χ3v) is 1.77. The van der Waals surface area contributed by atoms with Gasteiger partial charge >= 0.3 is 6.18 Å². The molecular weight excluding hydrogens is 215 g/mol. The van der Waals surface area contributed by atoms with E-state index in [1.165, 1.54) is 18.3 Å². The Labute approximate surface area is 84.2 Å². The van der Waals surface area contributed by atoms with E-state index in [1.54, 1.807) is 6.92 Å². The van der Waals surface area contributed by atoms with Crippen molar-refractivity contribution in [3.63, 3.8) is 0 Å². The van der Waals surface area contributed by atoms with E-state index in [9.17, 15) is 13.2 Å². The van der Waals surface area contributed by atoms with Gasteiger partial charge in [0.15, 0.2) is 0 Å². The monoisotopic (exact) mass is 221 g/mol. The molecule has 0 radical (unpaired) electrons. The Balaban J connectivity index is 3.30. The first-order valence-electron chi connectivity index (χ1n) is 3.80. The van der Waals surface area contributed by atoms with Crippen LogP contribution >= 0.6 is 11.6 Å². The van der Waals surface area contributed by atoms with Gasteiger partial charge in [0.05, 0.1) is 11.3 Å². The largest absolute Gasteiger partial charge is 0.418 e. The zero-order chi connectivity index (χ0) is 10.8. The first-order valence-corrected chi connectivity index (χ1v) is 4.18. The maximum absolute atomic E-state index is 12.4. The number of benzene rings is 1. The van der Waals surface area contributed by atoms with Gasteiger partial charge in [-0.3, -0.25) is 4.99 Å². The summed E-state index contributed by atoms with van der Waals surface area (Å²) in [7, 11) is 0. The molecule has 0 spiro atoms. The van der Waals surface area contributed by atoms with Crippen LogP contribution in [0.5, 0.6) is 0 Å². The lowest BCUT2D eigenvalue weighted by atomic mass is 10.2. The van der Waals surface area contributed by atoms with E-state index in [2.05, 4.69) is 4.99 Å². The van der Waals surface area contributed by atoms with Crippen LogP contribution in [0.1, 0.15) is 12.5 Å². The van der Waals surface area contributed by atoms with E-state index in [0.717, 1.165) is 6.07 Å². The molecule has 0 aliphatic rings. The number of halogens is 4. The second-order valence-corrected chi connectivity index (χ2v) is 2.98. The van der Waals surface area contributed by atoms with E-state index >= 15 is 0 Å². The molecule has 0 aliphatic carbocycles. The van der Waals surface area contributed by atoms with Gasteiger partial charge in [-0.05, 0) is 25.1 Å². The maximum atomic E-state index is 12.4. The number of hydrogen-bond donors (Lipinski definition) is 0. The minimum atomic E-state index is -4.42. The van der Waals surface area contributed by atoms with Crippen molar-refractivity contribution in [3.05, 3.63) is 28.8 Å². The van der Waals surface area contributed by atoms with Crippen LogP contribution in [0.2, 0.25) is 5.02 Å². The van der Waals surface area contributed by atoms with E-state index in [4.69, 9.17) is 11.6 Å². The molecule has 0 amide bonds. The predicted molar refractivity (Wildman–Crippen MR) is 50.3 cm³/mol. The second kappa shape index (κ2) is 4.00. The van der Waals surface area contributed by atoms with Gasteiger partial charge in [-0.25, -0.2) is 0 Å². The minimum absolute atomic E-state index is 0.0485. The summed E-state index contributed by atoms with van der Waals surface area (Å²) in [4.78, 5) is 3.61. The first kappa shape index (κ1) is 11.0. The number of hydrogen-bond acceptors (Lipinski definition) is 1. The summed E-state index contributed by atoms with van der Waals surface area (Å²) in [6.07, 6.45) is -3.12. The molecule has 0 fully saturated rings. The highest BCUT2D eigenvalue weighted by molar-refractivity contribution is 6.30. The van der Waals surface area contributed by atoms with Gasteiger partial charge in [0.25, 0.3) is 0 Å². The van der Waals surface area contributed by atoms with Crippen LogP contribution in [-0.4, -0.2) is 6.21 Å². The summed E-state index contributed by atoms with van der Waals surface area (Å²) < 4.78 is 37.3. The van der Waals surface area contributed by atoms with Crippen LogP contribution in [0.25, 0.3) is 0 Å². The summed E-state index contributed by atoms with van der Waals surface area (Å²) in [5.74, 6) is 0. The quantitative estimate of drug-likeness (QED) is 0.634. The molecule has 0 unspecified atom stereocenters. The molecule has 1 nitrogen and oxygen atoms in total. The highest BCUT2D eigenvalue weighted by Crippen LogP contribution is 2.37. The standard InChI is InChI=1S/C9H7ClF3N/c1-2-14-8-4-3-6(10)5-7(8)9(11,12)13/h2-5H,1H3. The van der Waals surface area contributed by atoms with Gasteiger partial charge in [-0.1, -0.05) is 11.6 Å². The van der Waals surface area contributed by atoms with Gasteiger partial charge in [-0.15, -0.1) is 0 Å². The molecule has 0 bridgehead atoms. The fraction of sp³-hybridized carbons (Fsp3) is 0.222. The molecule has 0 aromatic heterocycles. The van der Waals surface area contributed by atoms with Crippen molar-refractivity contribution < 1.29 is 13.2 Å². The van der Waals surface area contributed by atoms with Gasteiger partial charge in [0, 0.05) is 11.2 Å². The molecule has 1 aromatic carbocycles. The summed E-state index contributed by atoms with van der Waals surface area (Å²) in [5.41, 5.74) is -0.937. The summed E-state index contributed by atoms with van der Waals surface area (Å²) in [6, 6.07) is 3.48. The highest BCUT2D eigenvalue weighted by Gasteiger charge is 2.33. The van der Waals surface area contributed by atoms with Crippen LogP contribution in [-0.2, 0) is 6.18 Å². The van der Waals surface area contributed by atoms with Crippen molar-refractivity contribution in [2.45, 2.75) is 13.1 Å². The molecule has 76 valence electrons. The smallest absolute Gasteiger partial charge is 0.261 e. The number of rotatable bonds is 1. The first-order chi connectivity index (χ1) is 6.45. The number of aliphatic imine (C=N–C) groups is 1. The lowest BCUT2D eigenvalue weighted by Crippen LogP contribution is -2.05. The fourth-order valence-corrected chi connectivity index (χ4v) is 1.16. The third kappa shape index (κ3) is 2.48. The molecule has 0 saturated carbocycles. The van der Waals surface area contributed by atoms with Gasteiger partial charge in [-0.2, -0.15) is 13.2 Å². The summed E-state index contributed by atoms with van der Waals surface area (Å²) in [5, 5.41) is 0.0485. The topological polar surface area (TPSA) is 12.4 Å². The third-order valence-electron chi connectivity index (χ3n) is 1.53. The molecule has 0 aliphatic heterocycles. The normalized spacial score (nSPS) is 12.4. The Morgan fingerprint density at radius 1 is 1.36 bits per heavy atom. The Kier molecular flexibility index (Phi) is 3.16. The van der Waals surface area contributed by atoms with Crippen molar-refractivity contribution in [2.75, 3.05) is 0 Å². The maximum Gasteiger partial charge on any atom is 0.418 e. The zero-order valence-corrected chi connectivity index (χ0v) is 8.02. The van der Waals surface area contributed by atoms with E-state index < -0.39 is 11.7 Å². The van der Waals surface area contributed by atoms with Crippen molar-refractivity contribution in [3.8, 4) is 0 Å². The zero-order valence-electron chi connectivity index (χ0n) is 7.27. The fourth-order valence-electron chi connectivity index (χ4n) is 0.987. The lowest BCUT2D eigenvalue weighted by Gasteiger charge is -2.09. The van der Waals surface area contributed by atoms with Crippen LogP contribution in [0, 0.1) is 0 Å². The van der Waals surface area contributed by atoms with Crippen LogP contribution < -0.4 is 0 Å². The average molecular weight is 222 g/mol. The minimum Gasteiger partial charge on any atom is -0.261 e. The van der Waals surface area contributed by atoms with Gasteiger partial charge < -0.3 is 0 Å². The number of nitrogens with zero attached hydrogens (tertiary/aromatic N) is 1. The molecule has 0 atom stereocenters. The van der Waals surface area contributed by atoms with E-state index in [1.807, 2.05) is 0 Å². The Bertz CT molecular complexity index is 358. The van der Waals surface area contributed by atoms with Crippen LogP contribution in [0.15, 0.2) is 23.2 Å². The van der Waals surface area contributed by atoms with Crippen molar-refractivity contribution in [2.24, 2.45) is 4.99 Å². The molecule has 0 N–H and O–H groups in total. The van der Waals surface area contributed by atoms with Gasteiger partial charge in [0.2, 0.25) is 0 Å². The second-order valence-electron chi connectivity index (χ2n) is 2.55. The van der Waals surface area contributed by atoms with E-state index in [-0.39, 0.29) is 10.7 Å². The molecule has 5 heteroatoms. The average Bonchev–Trinajstić information content (AvgIpc) is 2.07. The molecule has 0 saturated heterocycles. The Hall–Kier alpha value is -1.03. The molecule has 1 rings (SSSR count). The number of alkyl halides is 3. The summed E-state index contributed by atoms with van der Waals surface area (Å²) >= 11 is 5.47. The molecule has 0 heterocycles. The lowest BCUT2D eigenvalue weighted by molar-refractivity contribution is -0.137. The van der Waals surface area contributed by atoms with Crippen molar-refractivity contribution in [1.29, 1.82) is 0 Å².